The largest absolute Gasteiger partial charge is 0.493 e. The van der Waals surface area contributed by atoms with Crippen LogP contribution >= 0.6 is 11.6 Å². The maximum atomic E-state index is 12.2. The molecule has 0 radical (unpaired) electrons. The number of amides is 1. The van der Waals surface area contributed by atoms with E-state index in [4.69, 9.17) is 25.8 Å². The van der Waals surface area contributed by atoms with E-state index < -0.39 is 6.10 Å². The van der Waals surface area contributed by atoms with Crippen molar-refractivity contribution in [2.45, 2.75) is 19.6 Å². The lowest BCUT2D eigenvalue weighted by atomic mass is 10.2. The van der Waals surface area contributed by atoms with Gasteiger partial charge in [-0.15, -0.1) is 0 Å². The van der Waals surface area contributed by atoms with Gasteiger partial charge in [0.25, 0.3) is 5.91 Å². The van der Waals surface area contributed by atoms with Crippen molar-refractivity contribution in [1.82, 2.24) is 5.32 Å². The maximum absolute atomic E-state index is 12.2. The second kappa shape index (κ2) is 8.45. The number of ether oxygens (including phenoxy) is 3. The highest BCUT2D eigenvalue weighted by Gasteiger charge is 2.16. The molecule has 1 unspecified atom stereocenters. The minimum Gasteiger partial charge on any atom is -0.493 e. The molecule has 24 heavy (non-hydrogen) atoms. The van der Waals surface area contributed by atoms with E-state index in [2.05, 4.69) is 5.32 Å². The zero-order valence-corrected chi connectivity index (χ0v) is 14.6. The topological polar surface area (TPSA) is 56.8 Å². The van der Waals surface area contributed by atoms with Gasteiger partial charge in [-0.25, -0.2) is 0 Å². The lowest BCUT2D eigenvalue weighted by Gasteiger charge is -2.16. The number of benzene rings is 2. The monoisotopic (exact) mass is 349 g/mol. The van der Waals surface area contributed by atoms with Crippen LogP contribution in [0.5, 0.6) is 17.2 Å². The standard InChI is InChI=1S/C18H20ClNO4/c1-12(24-15-8-5-7-14(19)10-15)18(21)20-11-13-6-4-9-16(22-2)17(13)23-3/h4-10,12H,11H2,1-3H3,(H,20,21). The molecule has 0 fully saturated rings. The molecule has 0 aliphatic rings. The molecule has 0 heterocycles. The Morgan fingerprint density at radius 1 is 1.17 bits per heavy atom. The van der Waals surface area contributed by atoms with Crippen LogP contribution in [-0.2, 0) is 11.3 Å². The lowest BCUT2D eigenvalue weighted by Crippen LogP contribution is -2.36. The Hall–Kier alpha value is -2.40. The summed E-state index contributed by atoms with van der Waals surface area (Å²) in [5.41, 5.74) is 0.820. The molecule has 128 valence electrons. The molecule has 0 aliphatic heterocycles. The third-order valence-electron chi connectivity index (χ3n) is 3.42. The zero-order chi connectivity index (χ0) is 17.5. The van der Waals surface area contributed by atoms with E-state index >= 15 is 0 Å². The Kier molecular flexibility index (Phi) is 6.32. The Balaban J connectivity index is 1.98. The van der Waals surface area contributed by atoms with Crippen molar-refractivity contribution in [3.8, 4) is 17.2 Å². The number of hydrogen-bond acceptors (Lipinski definition) is 4. The molecular formula is C18H20ClNO4. The van der Waals surface area contributed by atoms with Gasteiger partial charge in [-0.2, -0.15) is 0 Å². The molecule has 0 bridgehead atoms. The normalized spacial score (nSPS) is 11.5. The zero-order valence-electron chi connectivity index (χ0n) is 13.8. The highest BCUT2D eigenvalue weighted by Crippen LogP contribution is 2.30. The summed E-state index contributed by atoms with van der Waals surface area (Å²) < 4.78 is 16.2. The summed E-state index contributed by atoms with van der Waals surface area (Å²) in [7, 11) is 3.13. The van der Waals surface area contributed by atoms with E-state index in [1.54, 1.807) is 51.5 Å². The molecule has 0 saturated carbocycles. The van der Waals surface area contributed by atoms with E-state index in [0.717, 1.165) is 5.56 Å². The van der Waals surface area contributed by atoms with E-state index in [9.17, 15) is 4.79 Å². The number of carbonyl (C=O) groups is 1. The number of rotatable bonds is 7. The summed E-state index contributed by atoms with van der Waals surface area (Å²) in [6.07, 6.45) is -0.653. The lowest BCUT2D eigenvalue weighted by molar-refractivity contribution is -0.127. The molecule has 5 nitrogen and oxygen atoms in total. The first-order valence-corrected chi connectivity index (χ1v) is 7.82. The smallest absolute Gasteiger partial charge is 0.261 e. The summed E-state index contributed by atoms with van der Waals surface area (Å²) in [6, 6.07) is 12.4. The maximum Gasteiger partial charge on any atom is 0.261 e. The molecule has 0 aliphatic carbocycles. The average molecular weight is 350 g/mol. The van der Waals surface area contributed by atoms with Crippen LogP contribution in [0.1, 0.15) is 12.5 Å². The first kappa shape index (κ1) is 17.9. The second-order valence-corrected chi connectivity index (χ2v) is 5.52. The highest BCUT2D eigenvalue weighted by atomic mass is 35.5. The number of hydrogen-bond donors (Lipinski definition) is 1. The minimum absolute atomic E-state index is 0.236. The fraction of sp³-hybridized carbons (Fsp3) is 0.278. The van der Waals surface area contributed by atoms with E-state index in [0.29, 0.717) is 28.8 Å². The molecule has 6 heteroatoms. The SMILES string of the molecule is COc1cccc(CNC(=O)C(C)Oc2cccc(Cl)c2)c1OC. The molecule has 1 atom stereocenters. The molecule has 0 spiro atoms. The van der Waals surface area contributed by atoms with Gasteiger partial charge >= 0.3 is 0 Å². The van der Waals surface area contributed by atoms with Crippen molar-refractivity contribution < 1.29 is 19.0 Å². The van der Waals surface area contributed by atoms with Crippen LogP contribution in [0.25, 0.3) is 0 Å². The number of methoxy groups -OCH3 is 2. The molecule has 2 aromatic rings. The summed E-state index contributed by atoms with van der Waals surface area (Å²) in [6.45, 7) is 1.99. The highest BCUT2D eigenvalue weighted by molar-refractivity contribution is 6.30. The van der Waals surface area contributed by atoms with Gasteiger partial charge in [0.15, 0.2) is 17.6 Å². The predicted molar refractivity (Wildman–Crippen MR) is 92.9 cm³/mol. The van der Waals surface area contributed by atoms with Gasteiger partial charge in [0.2, 0.25) is 0 Å². The van der Waals surface area contributed by atoms with Gasteiger partial charge in [0.1, 0.15) is 5.75 Å². The number of carbonyl (C=O) groups excluding carboxylic acids is 1. The molecular weight excluding hydrogens is 330 g/mol. The molecule has 1 amide bonds. The number of nitrogens with one attached hydrogen (secondary N) is 1. The molecule has 0 aromatic heterocycles. The molecule has 2 rings (SSSR count). The Bertz CT molecular complexity index is 705. The summed E-state index contributed by atoms with van der Waals surface area (Å²) in [5.74, 6) is 1.53. The second-order valence-electron chi connectivity index (χ2n) is 5.09. The number of halogens is 1. The van der Waals surface area contributed by atoms with Crippen LogP contribution in [0.15, 0.2) is 42.5 Å². The van der Waals surface area contributed by atoms with Crippen LogP contribution in [0, 0.1) is 0 Å². The van der Waals surface area contributed by atoms with Gasteiger partial charge in [-0.1, -0.05) is 29.8 Å². The van der Waals surface area contributed by atoms with E-state index in [1.165, 1.54) is 0 Å². The first-order chi connectivity index (χ1) is 11.5. The number of para-hydroxylation sites is 1. The molecule has 1 N–H and O–H groups in total. The Morgan fingerprint density at radius 2 is 1.92 bits per heavy atom. The summed E-state index contributed by atoms with van der Waals surface area (Å²) in [5, 5.41) is 3.38. The van der Waals surface area contributed by atoms with Gasteiger partial charge in [0.05, 0.1) is 14.2 Å². The Morgan fingerprint density at radius 3 is 2.58 bits per heavy atom. The Labute approximate surface area is 146 Å². The van der Waals surface area contributed by atoms with Gasteiger partial charge in [0, 0.05) is 17.1 Å². The first-order valence-electron chi connectivity index (χ1n) is 7.45. The quantitative estimate of drug-likeness (QED) is 0.832. The molecule has 2 aromatic carbocycles. The third kappa shape index (κ3) is 4.55. The van der Waals surface area contributed by atoms with Crippen molar-refractivity contribution in [3.63, 3.8) is 0 Å². The average Bonchev–Trinajstić information content (AvgIpc) is 2.59. The molecule has 0 saturated heterocycles. The predicted octanol–water partition coefficient (Wildman–Crippen LogP) is 3.44. The van der Waals surface area contributed by atoms with Crippen molar-refractivity contribution >= 4 is 17.5 Å². The van der Waals surface area contributed by atoms with Gasteiger partial charge < -0.3 is 19.5 Å². The van der Waals surface area contributed by atoms with Crippen LogP contribution in [0.2, 0.25) is 5.02 Å². The summed E-state index contributed by atoms with van der Waals surface area (Å²) >= 11 is 5.90. The van der Waals surface area contributed by atoms with Crippen LogP contribution in [-0.4, -0.2) is 26.2 Å². The van der Waals surface area contributed by atoms with Gasteiger partial charge in [-0.3, -0.25) is 4.79 Å². The van der Waals surface area contributed by atoms with Crippen molar-refractivity contribution in [1.29, 1.82) is 0 Å². The third-order valence-corrected chi connectivity index (χ3v) is 3.65. The van der Waals surface area contributed by atoms with Crippen molar-refractivity contribution in [3.05, 3.63) is 53.1 Å². The fourth-order valence-electron chi connectivity index (χ4n) is 2.22. The van der Waals surface area contributed by atoms with Crippen LogP contribution < -0.4 is 19.5 Å². The van der Waals surface area contributed by atoms with Crippen molar-refractivity contribution in [2.75, 3.05) is 14.2 Å². The minimum atomic E-state index is -0.653. The fourth-order valence-corrected chi connectivity index (χ4v) is 2.40. The van der Waals surface area contributed by atoms with Crippen molar-refractivity contribution in [2.24, 2.45) is 0 Å². The van der Waals surface area contributed by atoms with Crippen LogP contribution in [0.4, 0.5) is 0 Å². The summed E-state index contributed by atoms with van der Waals surface area (Å²) in [4.78, 5) is 12.2. The van der Waals surface area contributed by atoms with E-state index in [-0.39, 0.29) is 5.91 Å². The van der Waals surface area contributed by atoms with Gasteiger partial charge in [-0.05, 0) is 31.2 Å². The van der Waals surface area contributed by atoms with Crippen LogP contribution in [0.3, 0.4) is 0 Å². The van der Waals surface area contributed by atoms with E-state index in [1.807, 2.05) is 12.1 Å².